The number of hydrogen-bond donors (Lipinski definition) is 1. The molecule has 1 N–H and O–H groups in total. The van der Waals surface area contributed by atoms with Crippen molar-refractivity contribution < 1.29 is 26.9 Å². The molecule has 0 aromatic carbocycles. The first-order chi connectivity index (χ1) is 2.00. The van der Waals surface area contributed by atoms with Gasteiger partial charge in [-0.1, -0.05) is 0 Å². The van der Waals surface area contributed by atoms with Crippen molar-refractivity contribution in [1.29, 1.82) is 0 Å². The molecule has 22 valence electrons. The molecule has 0 rings (SSSR count). The predicted octanol–water partition coefficient (Wildman–Crippen LogP) is -0.513. The number of rotatable bonds is 0. The summed E-state index contributed by atoms with van der Waals surface area (Å²) in [5, 5.41) is 7.00. The molecule has 0 radical (unpaired) electrons. The SMILES string of the molecule is CO.[O]=[Zn]. The second-order valence-corrected chi connectivity index (χ2v) is 0. The Labute approximate surface area is 34.8 Å². The summed E-state index contributed by atoms with van der Waals surface area (Å²) in [6.45, 7) is 0. The van der Waals surface area contributed by atoms with Crippen LogP contribution in [0.4, 0.5) is 0 Å². The molecule has 0 amide bonds. The van der Waals surface area contributed by atoms with Crippen molar-refractivity contribution >= 4 is 0 Å². The molecule has 0 saturated heterocycles. The second kappa shape index (κ2) is 131. The van der Waals surface area contributed by atoms with Gasteiger partial charge in [0.05, 0.1) is 0 Å². The number of aliphatic hydroxyl groups is 1. The molecule has 0 saturated carbocycles. The first kappa shape index (κ1) is 8.83. The Hall–Kier alpha value is 0.383. The van der Waals surface area contributed by atoms with Crippen LogP contribution < -0.4 is 0 Å². The van der Waals surface area contributed by atoms with E-state index in [-0.39, 0.29) is 18.3 Å². The molecule has 0 aliphatic rings. The van der Waals surface area contributed by atoms with Gasteiger partial charge in [0.2, 0.25) is 0 Å². The Bertz CT molecular complexity index is 6.00. The molecule has 4 heavy (non-hydrogen) atoms. The van der Waals surface area contributed by atoms with Gasteiger partial charge in [0.15, 0.2) is 0 Å². The van der Waals surface area contributed by atoms with Crippen molar-refractivity contribution in [2.45, 2.75) is 0 Å². The molecule has 3 heteroatoms. The molecule has 2 nitrogen and oxygen atoms in total. The van der Waals surface area contributed by atoms with Gasteiger partial charge < -0.3 is 5.11 Å². The van der Waals surface area contributed by atoms with E-state index in [2.05, 4.69) is 0 Å². The zero-order valence-corrected chi connectivity index (χ0v) is 5.53. The average Bonchev–Trinajstić information content (AvgIpc) is 1.50. The second-order valence-electron chi connectivity index (χ2n) is 0. The van der Waals surface area contributed by atoms with E-state index in [1.165, 1.54) is 0 Å². The zero-order chi connectivity index (χ0) is 4.00. The molecule has 0 heterocycles. The minimum absolute atomic E-state index is 0.125. The van der Waals surface area contributed by atoms with Crippen molar-refractivity contribution in [3.05, 3.63) is 0 Å². The van der Waals surface area contributed by atoms with E-state index in [0.29, 0.717) is 0 Å². The van der Waals surface area contributed by atoms with E-state index in [4.69, 9.17) is 8.68 Å². The minimum atomic E-state index is 0.125. The molecule has 0 aliphatic heterocycles. The molecule has 0 fully saturated rings. The Morgan fingerprint density at radius 1 is 1.50 bits per heavy atom. The molecule has 0 aliphatic carbocycles. The van der Waals surface area contributed by atoms with Crippen molar-refractivity contribution in [2.75, 3.05) is 7.11 Å². The van der Waals surface area contributed by atoms with Gasteiger partial charge in [0.1, 0.15) is 0 Å². The van der Waals surface area contributed by atoms with Gasteiger partial charge in [-0.15, -0.1) is 0 Å². The van der Waals surface area contributed by atoms with Gasteiger partial charge in [-0.05, 0) is 0 Å². The summed E-state index contributed by atoms with van der Waals surface area (Å²) >= 11 is 0.125. The van der Waals surface area contributed by atoms with Crippen LogP contribution in [0.1, 0.15) is 0 Å². The van der Waals surface area contributed by atoms with Gasteiger partial charge in [0, 0.05) is 7.11 Å². The normalized spacial score (nSPS) is 3.00. The zero-order valence-electron chi connectivity index (χ0n) is 2.56. The van der Waals surface area contributed by atoms with Crippen molar-refractivity contribution in [2.24, 2.45) is 0 Å². The van der Waals surface area contributed by atoms with Crippen LogP contribution in [0.3, 0.4) is 0 Å². The van der Waals surface area contributed by atoms with Crippen molar-refractivity contribution in [3.8, 4) is 0 Å². The summed E-state index contributed by atoms with van der Waals surface area (Å²) in [6, 6.07) is 0. The van der Waals surface area contributed by atoms with E-state index in [0.717, 1.165) is 7.11 Å². The van der Waals surface area contributed by atoms with Crippen LogP contribution in [0.5, 0.6) is 0 Å². The third-order valence-electron chi connectivity index (χ3n) is 0. The van der Waals surface area contributed by atoms with Crippen LogP contribution in [0, 0.1) is 0 Å². The first-order valence-electron chi connectivity index (χ1n) is 0.736. The fourth-order valence-electron chi connectivity index (χ4n) is 0. The fraction of sp³-hybridized carbons (Fsp3) is 1.00. The third-order valence-corrected chi connectivity index (χ3v) is 0. The third kappa shape index (κ3) is 31.0. The van der Waals surface area contributed by atoms with E-state index < -0.39 is 0 Å². The number of hydrogen-bond acceptors (Lipinski definition) is 2. The van der Waals surface area contributed by atoms with Crippen LogP contribution in [0.2, 0.25) is 0 Å². The monoisotopic (exact) mass is 112 g/mol. The maximum absolute atomic E-state index is 8.38. The molecule has 0 bridgehead atoms. The van der Waals surface area contributed by atoms with Crippen LogP contribution in [-0.4, -0.2) is 12.2 Å². The van der Waals surface area contributed by atoms with E-state index in [1.807, 2.05) is 0 Å². The quantitative estimate of drug-likeness (QED) is 0.430. The maximum atomic E-state index is 8.38. The Balaban J connectivity index is 0. The van der Waals surface area contributed by atoms with Crippen LogP contribution >= 0.6 is 0 Å². The van der Waals surface area contributed by atoms with Crippen LogP contribution in [0.25, 0.3) is 0 Å². The summed E-state index contributed by atoms with van der Waals surface area (Å²) in [7, 11) is 1.00. The van der Waals surface area contributed by atoms with Gasteiger partial charge in [-0.2, -0.15) is 0 Å². The van der Waals surface area contributed by atoms with E-state index >= 15 is 0 Å². The van der Waals surface area contributed by atoms with Crippen molar-refractivity contribution in [1.82, 2.24) is 0 Å². The molecule has 0 aromatic rings. The topological polar surface area (TPSA) is 37.3 Å². The molecular weight excluding hydrogens is 109 g/mol. The van der Waals surface area contributed by atoms with Crippen LogP contribution in [-0.2, 0) is 21.8 Å². The summed E-state index contributed by atoms with van der Waals surface area (Å²) in [6.07, 6.45) is 0. The molecule has 0 atom stereocenters. The summed E-state index contributed by atoms with van der Waals surface area (Å²) in [5.41, 5.74) is 0. The fourth-order valence-corrected chi connectivity index (χ4v) is 0. The Morgan fingerprint density at radius 3 is 1.50 bits per heavy atom. The van der Waals surface area contributed by atoms with Gasteiger partial charge >= 0.3 is 21.8 Å². The average molecular weight is 113 g/mol. The van der Waals surface area contributed by atoms with E-state index in [1.54, 1.807) is 0 Å². The van der Waals surface area contributed by atoms with Crippen LogP contribution in [0.15, 0.2) is 0 Å². The van der Waals surface area contributed by atoms with Crippen molar-refractivity contribution in [3.63, 3.8) is 0 Å². The molecule has 0 spiro atoms. The predicted molar refractivity (Wildman–Crippen MR) is 8.83 cm³/mol. The Morgan fingerprint density at radius 2 is 1.50 bits per heavy atom. The first-order valence-corrected chi connectivity index (χ1v) is 1.95. The summed E-state index contributed by atoms with van der Waals surface area (Å²) < 4.78 is 8.38. The van der Waals surface area contributed by atoms with E-state index in [9.17, 15) is 0 Å². The standard InChI is InChI=1S/CH4O.O.Zn/c1-2;;/h2H,1H3;;. The molecular formula is CH4O2Zn. The summed E-state index contributed by atoms with van der Waals surface area (Å²) in [4.78, 5) is 0. The number of aliphatic hydroxyl groups excluding tert-OH is 1. The Kier molecular flexibility index (Phi) is 289. The van der Waals surface area contributed by atoms with Gasteiger partial charge in [-0.3, -0.25) is 0 Å². The summed E-state index contributed by atoms with van der Waals surface area (Å²) in [5.74, 6) is 0. The van der Waals surface area contributed by atoms with Gasteiger partial charge in [-0.25, -0.2) is 0 Å². The molecule has 0 unspecified atom stereocenters. The van der Waals surface area contributed by atoms with Gasteiger partial charge in [0.25, 0.3) is 0 Å². The molecule has 0 aromatic heterocycles.